The van der Waals surface area contributed by atoms with Crippen molar-refractivity contribution >= 4 is 21.8 Å². The predicted octanol–water partition coefficient (Wildman–Crippen LogP) is 4.13. The van der Waals surface area contributed by atoms with E-state index in [1.54, 1.807) is 0 Å². The summed E-state index contributed by atoms with van der Waals surface area (Å²) in [4.78, 5) is 12.5. The summed E-state index contributed by atoms with van der Waals surface area (Å²) < 4.78 is 0. The van der Waals surface area contributed by atoms with Gasteiger partial charge in [-0.05, 0) is 67.6 Å². The number of hydrogen-bond donors (Lipinski definition) is 1. The number of rotatable bonds is 5. The van der Waals surface area contributed by atoms with Crippen LogP contribution >= 0.6 is 15.9 Å². The Bertz CT molecular complexity index is 344. The van der Waals surface area contributed by atoms with Crippen molar-refractivity contribution in [1.29, 1.82) is 0 Å². The zero-order chi connectivity index (χ0) is 14.3. The van der Waals surface area contributed by atoms with Crippen LogP contribution in [0.3, 0.4) is 0 Å². The summed E-state index contributed by atoms with van der Waals surface area (Å²) in [5.74, 6) is 3.60. The molecule has 20 heavy (non-hydrogen) atoms. The van der Waals surface area contributed by atoms with Crippen LogP contribution in [0, 0.1) is 29.1 Å². The molecule has 1 amide bonds. The van der Waals surface area contributed by atoms with Gasteiger partial charge in [-0.1, -0.05) is 29.8 Å². The fourth-order valence-corrected chi connectivity index (χ4v) is 6.40. The van der Waals surface area contributed by atoms with Gasteiger partial charge in [0.25, 0.3) is 0 Å². The van der Waals surface area contributed by atoms with Gasteiger partial charge < -0.3 is 5.32 Å². The van der Waals surface area contributed by atoms with Crippen molar-refractivity contribution in [3.05, 3.63) is 0 Å². The number of carbonyl (C=O) groups is 1. The van der Waals surface area contributed by atoms with Gasteiger partial charge in [0, 0.05) is 17.8 Å². The van der Waals surface area contributed by atoms with Crippen LogP contribution < -0.4 is 5.32 Å². The van der Waals surface area contributed by atoms with Gasteiger partial charge in [-0.2, -0.15) is 0 Å². The molecule has 3 heteroatoms. The van der Waals surface area contributed by atoms with Crippen LogP contribution in [0.4, 0.5) is 0 Å². The molecule has 0 heterocycles. The molecular weight excluding hydrogens is 314 g/mol. The van der Waals surface area contributed by atoms with Crippen LogP contribution in [-0.2, 0) is 4.79 Å². The fourth-order valence-electron chi connectivity index (χ4n) is 5.49. The summed E-state index contributed by atoms with van der Waals surface area (Å²) in [6, 6.07) is 0.274. The highest BCUT2D eigenvalue weighted by molar-refractivity contribution is 9.09. The third kappa shape index (κ3) is 2.93. The van der Waals surface area contributed by atoms with Gasteiger partial charge >= 0.3 is 0 Å². The number of hydrogen-bond acceptors (Lipinski definition) is 1. The van der Waals surface area contributed by atoms with Gasteiger partial charge in [0.2, 0.25) is 5.91 Å². The number of halogens is 1. The van der Waals surface area contributed by atoms with Gasteiger partial charge in [0.15, 0.2) is 0 Å². The Kier molecular flexibility index (Phi) is 4.18. The van der Waals surface area contributed by atoms with E-state index in [1.165, 1.54) is 38.5 Å². The molecule has 4 fully saturated rings. The van der Waals surface area contributed by atoms with Crippen LogP contribution in [0.5, 0.6) is 0 Å². The summed E-state index contributed by atoms with van der Waals surface area (Å²) >= 11 is 3.52. The Hall–Kier alpha value is -0.0500. The van der Waals surface area contributed by atoms with Gasteiger partial charge in [-0.15, -0.1) is 0 Å². The highest BCUT2D eigenvalue weighted by atomic mass is 79.9. The van der Waals surface area contributed by atoms with Gasteiger partial charge in [0.1, 0.15) is 0 Å². The maximum atomic E-state index is 12.5. The Balaban J connectivity index is 1.61. The van der Waals surface area contributed by atoms with Crippen molar-refractivity contribution in [2.75, 3.05) is 5.33 Å². The molecule has 4 rings (SSSR count). The van der Waals surface area contributed by atoms with Crippen molar-refractivity contribution in [3.8, 4) is 0 Å². The molecule has 114 valence electrons. The molecule has 0 aromatic heterocycles. The molecule has 4 saturated carbocycles. The molecule has 0 aromatic rings. The minimum atomic E-state index is 0.274. The maximum Gasteiger partial charge on any atom is 0.220 e. The van der Waals surface area contributed by atoms with E-state index >= 15 is 0 Å². The third-order valence-electron chi connectivity index (χ3n) is 6.02. The molecule has 4 aliphatic carbocycles. The lowest BCUT2D eigenvalue weighted by Crippen LogP contribution is -2.49. The largest absolute Gasteiger partial charge is 0.352 e. The standard InChI is InChI=1S/C17H28BrNO/c1-11(2)15(10-18)19-16(20)9-17-6-12-3-13(7-17)5-14(4-12)8-17/h11-15H,3-10H2,1-2H3,(H,19,20). The van der Waals surface area contributed by atoms with Crippen LogP contribution in [-0.4, -0.2) is 17.3 Å². The number of carbonyl (C=O) groups excluding carboxylic acids is 1. The quantitative estimate of drug-likeness (QED) is 0.748. The van der Waals surface area contributed by atoms with Crippen LogP contribution in [0.15, 0.2) is 0 Å². The van der Waals surface area contributed by atoms with E-state index in [4.69, 9.17) is 0 Å². The van der Waals surface area contributed by atoms with Gasteiger partial charge in [-0.25, -0.2) is 0 Å². The van der Waals surface area contributed by atoms with E-state index < -0.39 is 0 Å². The number of alkyl halides is 1. The SMILES string of the molecule is CC(C)C(CBr)NC(=O)CC12CC3CC(CC(C3)C1)C2. The van der Waals surface area contributed by atoms with Crippen molar-refractivity contribution in [2.24, 2.45) is 29.1 Å². The number of nitrogens with one attached hydrogen (secondary N) is 1. The topological polar surface area (TPSA) is 29.1 Å². The molecule has 0 radical (unpaired) electrons. The average molecular weight is 342 g/mol. The molecule has 2 nitrogen and oxygen atoms in total. The first kappa shape index (κ1) is 14.9. The van der Waals surface area contributed by atoms with Crippen molar-refractivity contribution in [2.45, 2.75) is 64.8 Å². The smallest absolute Gasteiger partial charge is 0.220 e. The van der Waals surface area contributed by atoms with E-state index in [0.717, 1.165) is 29.5 Å². The highest BCUT2D eigenvalue weighted by Crippen LogP contribution is 2.61. The van der Waals surface area contributed by atoms with E-state index in [1.807, 2.05) is 0 Å². The van der Waals surface area contributed by atoms with Crippen molar-refractivity contribution in [3.63, 3.8) is 0 Å². The third-order valence-corrected chi connectivity index (χ3v) is 6.72. The van der Waals surface area contributed by atoms with E-state index in [2.05, 4.69) is 35.1 Å². The predicted molar refractivity (Wildman–Crippen MR) is 85.8 cm³/mol. The lowest BCUT2D eigenvalue weighted by molar-refractivity contribution is -0.130. The monoisotopic (exact) mass is 341 g/mol. The highest BCUT2D eigenvalue weighted by Gasteiger charge is 2.51. The molecule has 0 spiro atoms. The molecule has 0 aromatic carbocycles. The second-order valence-electron chi connectivity index (χ2n) is 8.17. The first-order chi connectivity index (χ1) is 9.49. The Morgan fingerprint density at radius 1 is 1.15 bits per heavy atom. The lowest BCUT2D eigenvalue weighted by Gasteiger charge is -2.56. The van der Waals surface area contributed by atoms with Crippen LogP contribution in [0.1, 0.15) is 58.8 Å². The molecular formula is C17H28BrNO. The molecule has 4 aliphatic rings. The van der Waals surface area contributed by atoms with E-state index in [9.17, 15) is 4.79 Å². The zero-order valence-corrected chi connectivity index (χ0v) is 14.4. The summed E-state index contributed by atoms with van der Waals surface area (Å²) in [5.41, 5.74) is 0.368. The van der Waals surface area contributed by atoms with Crippen LogP contribution in [0.25, 0.3) is 0 Å². The Morgan fingerprint density at radius 3 is 2.05 bits per heavy atom. The molecule has 0 saturated heterocycles. The summed E-state index contributed by atoms with van der Waals surface area (Å²) in [5, 5.41) is 4.11. The molecule has 0 aliphatic heterocycles. The Morgan fingerprint density at radius 2 is 1.65 bits per heavy atom. The summed E-state index contributed by atoms with van der Waals surface area (Å²) in [6.45, 7) is 4.36. The first-order valence-electron chi connectivity index (χ1n) is 8.35. The minimum Gasteiger partial charge on any atom is -0.352 e. The van der Waals surface area contributed by atoms with Crippen molar-refractivity contribution in [1.82, 2.24) is 5.32 Å². The van der Waals surface area contributed by atoms with E-state index in [-0.39, 0.29) is 6.04 Å². The van der Waals surface area contributed by atoms with E-state index in [0.29, 0.717) is 17.2 Å². The Labute approximate surface area is 131 Å². The molecule has 1 N–H and O–H groups in total. The maximum absolute atomic E-state index is 12.5. The fraction of sp³-hybridized carbons (Fsp3) is 0.941. The van der Waals surface area contributed by atoms with Crippen LogP contribution in [0.2, 0.25) is 0 Å². The molecule has 4 bridgehead atoms. The molecule has 1 atom stereocenters. The van der Waals surface area contributed by atoms with Gasteiger partial charge in [-0.3, -0.25) is 4.79 Å². The van der Waals surface area contributed by atoms with Crippen molar-refractivity contribution < 1.29 is 4.79 Å². The summed E-state index contributed by atoms with van der Waals surface area (Å²) in [6.07, 6.45) is 9.13. The molecule has 1 unspecified atom stereocenters. The lowest BCUT2D eigenvalue weighted by atomic mass is 9.49. The second-order valence-corrected chi connectivity index (χ2v) is 8.81. The van der Waals surface area contributed by atoms with Gasteiger partial charge in [0.05, 0.1) is 0 Å². The normalized spacial score (nSPS) is 40.1. The minimum absolute atomic E-state index is 0.274. The zero-order valence-electron chi connectivity index (χ0n) is 12.8. The average Bonchev–Trinajstić information content (AvgIpc) is 2.33. The first-order valence-corrected chi connectivity index (χ1v) is 9.47. The number of amides is 1. The summed E-state index contributed by atoms with van der Waals surface area (Å²) in [7, 11) is 0. The second kappa shape index (κ2) is 5.62.